The maximum absolute atomic E-state index is 4.80. The van der Waals surface area contributed by atoms with Crippen LogP contribution in [0, 0.1) is 0 Å². The van der Waals surface area contributed by atoms with Gasteiger partial charge in [0.25, 0.3) is 0 Å². The fourth-order valence-electron chi connectivity index (χ4n) is 1.58. The van der Waals surface area contributed by atoms with E-state index in [1.165, 1.54) is 0 Å². The summed E-state index contributed by atoms with van der Waals surface area (Å²) in [7, 11) is -1.63. The number of hydrogen-bond donors (Lipinski definition) is 0. The van der Waals surface area contributed by atoms with E-state index in [0.29, 0.717) is 0 Å². The van der Waals surface area contributed by atoms with Crippen molar-refractivity contribution in [1.29, 1.82) is 0 Å². The summed E-state index contributed by atoms with van der Waals surface area (Å²) in [5.74, 6) is 0. The monoisotopic (exact) mass is 258 g/mol. The molecular weight excluding hydrogens is 231 g/mol. The Kier molecular flexibility index (Phi) is 4.77. The van der Waals surface area contributed by atoms with Gasteiger partial charge in [-0.25, -0.2) is 0 Å². The molecule has 0 spiro atoms. The third kappa shape index (κ3) is 6.47. The van der Waals surface area contributed by atoms with Crippen LogP contribution in [0.15, 0.2) is 4.56 Å². The minimum absolute atomic E-state index is 1.25. The van der Waals surface area contributed by atoms with Crippen molar-refractivity contribution in [3.05, 3.63) is 0 Å². The van der Waals surface area contributed by atoms with Crippen LogP contribution in [0.4, 0.5) is 0 Å². The summed E-state index contributed by atoms with van der Waals surface area (Å²) >= 11 is 0. The van der Waals surface area contributed by atoms with E-state index in [4.69, 9.17) is 4.56 Å². The van der Waals surface area contributed by atoms with E-state index >= 15 is 0 Å². The minimum atomic E-state index is -1.31. The number of nitrogens with zero attached hydrogens (tertiary/aromatic N) is 2. The van der Waals surface area contributed by atoms with Crippen LogP contribution in [0.25, 0.3) is 0 Å². The van der Waals surface area contributed by atoms with E-state index in [2.05, 4.69) is 70.3 Å². The molecule has 0 aliphatic rings. The standard InChI is InChI=1S/C9H27BN2Si3/c1-13(2,3)11-10-12(14(4,5)6)15(7,8)9/h1-9H3. The molecule has 0 saturated carbocycles. The summed E-state index contributed by atoms with van der Waals surface area (Å²) in [5, 5.41) is 0. The van der Waals surface area contributed by atoms with E-state index in [1.807, 2.05) is 0 Å². The normalized spacial score (nSPS) is 14.2. The van der Waals surface area contributed by atoms with E-state index in [9.17, 15) is 0 Å². The molecule has 0 radical (unpaired) electrons. The Labute approximate surface area is 99.7 Å². The van der Waals surface area contributed by atoms with Crippen LogP contribution in [0.3, 0.4) is 0 Å². The summed E-state index contributed by atoms with van der Waals surface area (Å²) in [6.07, 6.45) is 0. The fourth-order valence-corrected chi connectivity index (χ4v) is 11.1. The molecule has 0 rings (SSSR count). The predicted molar refractivity (Wildman–Crippen MR) is 80.1 cm³/mol. The first kappa shape index (κ1) is 15.3. The molecule has 6 heteroatoms. The number of hydrogen-bond acceptors (Lipinski definition) is 1. The average molecular weight is 258 g/mol. The van der Waals surface area contributed by atoms with Crippen LogP contribution < -0.4 is 0 Å². The van der Waals surface area contributed by atoms with Gasteiger partial charge in [-0.1, -0.05) is 0 Å². The Morgan fingerprint density at radius 3 is 1.27 bits per heavy atom. The summed E-state index contributed by atoms with van der Waals surface area (Å²) in [5.41, 5.74) is 0. The third-order valence-electron chi connectivity index (χ3n) is 2.01. The molecule has 0 saturated heterocycles. The molecule has 0 amide bonds. The maximum atomic E-state index is 4.80. The van der Waals surface area contributed by atoms with Gasteiger partial charge in [0.1, 0.15) is 0 Å². The van der Waals surface area contributed by atoms with E-state index in [0.717, 1.165) is 0 Å². The molecule has 88 valence electrons. The van der Waals surface area contributed by atoms with Crippen molar-refractivity contribution in [2.24, 2.45) is 4.56 Å². The molecule has 0 N–H and O–H groups in total. The molecule has 0 aliphatic heterocycles. The molecule has 0 bridgehead atoms. The summed E-state index contributed by atoms with van der Waals surface area (Å²) in [6, 6.07) is 0. The zero-order chi connectivity index (χ0) is 12.5. The predicted octanol–water partition coefficient (Wildman–Crippen LogP) is 3.60. The van der Waals surface area contributed by atoms with Gasteiger partial charge < -0.3 is 0 Å². The molecule has 0 aromatic carbocycles. The van der Waals surface area contributed by atoms with Gasteiger partial charge in [-0.15, -0.1) is 0 Å². The van der Waals surface area contributed by atoms with Gasteiger partial charge in [-0.05, 0) is 0 Å². The molecular formula is C9H27BN2Si3. The van der Waals surface area contributed by atoms with Crippen molar-refractivity contribution in [1.82, 2.24) is 4.14 Å². The summed E-state index contributed by atoms with van der Waals surface area (Å²) in [4.78, 5) is 0. The zero-order valence-electron chi connectivity index (χ0n) is 12.0. The van der Waals surface area contributed by atoms with Crippen molar-refractivity contribution < 1.29 is 0 Å². The van der Waals surface area contributed by atoms with Crippen molar-refractivity contribution in [2.75, 3.05) is 0 Å². The van der Waals surface area contributed by atoms with Crippen LogP contribution in [-0.2, 0) is 0 Å². The van der Waals surface area contributed by atoms with Gasteiger partial charge in [-0.3, -0.25) is 0 Å². The topological polar surface area (TPSA) is 15.6 Å². The third-order valence-corrected chi connectivity index (χ3v) is 10.0. The van der Waals surface area contributed by atoms with Gasteiger partial charge in [0, 0.05) is 0 Å². The van der Waals surface area contributed by atoms with Gasteiger partial charge in [0.15, 0.2) is 0 Å². The quantitative estimate of drug-likeness (QED) is 0.704. The van der Waals surface area contributed by atoms with Gasteiger partial charge >= 0.3 is 99.5 Å². The second-order valence-electron chi connectivity index (χ2n) is 7.13. The second-order valence-corrected chi connectivity index (χ2v) is 21.8. The number of rotatable bonds is 4. The first-order valence-electron chi connectivity index (χ1n) is 5.69. The SMILES string of the molecule is C[Si](C)(C)N=BN([Si](C)(C)C)[Si](C)(C)C. The van der Waals surface area contributed by atoms with E-state index in [1.54, 1.807) is 0 Å². The summed E-state index contributed by atoms with van der Waals surface area (Å²) < 4.78 is 7.42. The Balaban J connectivity index is 4.94. The Bertz CT molecular complexity index is 221. The first-order chi connectivity index (χ1) is 6.34. The fraction of sp³-hybridized carbons (Fsp3) is 1.00. The molecule has 0 heterocycles. The van der Waals surface area contributed by atoms with E-state index in [-0.39, 0.29) is 0 Å². The van der Waals surface area contributed by atoms with Gasteiger partial charge in [0.05, 0.1) is 0 Å². The molecule has 0 aromatic rings. The van der Waals surface area contributed by atoms with Crippen LogP contribution in [0.1, 0.15) is 0 Å². The van der Waals surface area contributed by atoms with Crippen molar-refractivity contribution in [2.45, 2.75) is 58.9 Å². The molecule has 0 atom stereocenters. The molecule has 2 nitrogen and oxygen atoms in total. The van der Waals surface area contributed by atoms with Crippen LogP contribution in [-0.4, -0.2) is 36.1 Å². The van der Waals surface area contributed by atoms with Crippen molar-refractivity contribution in [3.63, 3.8) is 0 Å². The van der Waals surface area contributed by atoms with Crippen LogP contribution >= 0.6 is 0 Å². The van der Waals surface area contributed by atoms with Gasteiger partial charge in [-0.2, -0.15) is 0 Å². The Hall–Kier alpha value is 0.316. The van der Waals surface area contributed by atoms with Crippen molar-refractivity contribution in [3.8, 4) is 0 Å². The average Bonchev–Trinajstić information content (AvgIpc) is 1.75. The Morgan fingerprint density at radius 2 is 1.07 bits per heavy atom. The van der Waals surface area contributed by atoms with Crippen LogP contribution in [0.2, 0.25) is 58.9 Å². The first-order valence-corrected chi connectivity index (χ1v) is 16.0. The van der Waals surface area contributed by atoms with E-state index < -0.39 is 24.7 Å². The molecule has 0 aliphatic carbocycles. The molecule has 0 fully saturated rings. The second kappa shape index (κ2) is 4.67. The molecule has 0 aromatic heterocycles. The van der Waals surface area contributed by atoms with Gasteiger partial charge in [0.2, 0.25) is 0 Å². The molecule has 15 heavy (non-hydrogen) atoms. The zero-order valence-corrected chi connectivity index (χ0v) is 15.0. The van der Waals surface area contributed by atoms with Crippen molar-refractivity contribution >= 4 is 31.9 Å². The Morgan fingerprint density at radius 1 is 0.733 bits per heavy atom. The summed E-state index contributed by atoms with van der Waals surface area (Å²) in [6.45, 7) is 21.3. The molecule has 0 unspecified atom stereocenters. The van der Waals surface area contributed by atoms with Crippen LogP contribution in [0.5, 0.6) is 0 Å².